The van der Waals surface area contributed by atoms with E-state index in [-0.39, 0.29) is 5.95 Å². The van der Waals surface area contributed by atoms with Crippen molar-refractivity contribution in [3.8, 4) is 0 Å². The second-order valence-electron chi connectivity index (χ2n) is 5.07. The molecule has 7 heteroatoms. The zero-order valence-corrected chi connectivity index (χ0v) is 13.2. The van der Waals surface area contributed by atoms with Crippen LogP contribution in [0.2, 0.25) is 5.02 Å². The second kappa shape index (κ2) is 6.69. The Balaban J connectivity index is 2.09. The molecular formula is C14H19ClN6. The third kappa shape index (κ3) is 4.27. The van der Waals surface area contributed by atoms with Crippen LogP contribution < -0.4 is 10.6 Å². The maximum Gasteiger partial charge on any atom is 0.229 e. The van der Waals surface area contributed by atoms with Crippen LogP contribution in [0, 0.1) is 0 Å². The Hall–Kier alpha value is -1.92. The fraction of sp³-hybridized carbons (Fsp3) is 0.357. The van der Waals surface area contributed by atoms with Crippen LogP contribution in [0.5, 0.6) is 0 Å². The number of anilines is 2. The summed E-state index contributed by atoms with van der Waals surface area (Å²) in [6.07, 6.45) is 0. The first-order valence-corrected chi connectivity index (χ1v) is 6.93. The van der Waals surface area contributed by atoms with E-state index in [1.54, 1.807) is 4.90 Å². The van der Waals surface area contributed by atoms with Gasteiger partial charge in [-0.25, -0.2) is 0 Å². The first-order valence-electron chi connectivity index (χ1n) is 6.55. The summed E-state index contributed by atoms with van der Waals surface area (Å²) >= 11 is 6.17. The lowest BCUT2D eigenvalue weighted by Crippen LogP contribution is -2.22. The van der Waals surface area contributed by atoms with E-state index in [0.29, 0.717) is 24.9 Å². The Morgan fingerprint density at radius 1 is 1.05 bits per heavy atom. The van der Waals surface area contributed by atoms with Crippen LogP contribution in [0.1, 0.15) is 11.4 Å². The first kappa shape index (κ1) is 15.5. The second-order valence-corrected chi connectivity index (χ2v) is 5.48. The van der Waals surface area contributed by atoms with Crippen molar-refractivity contribution in [2.24, 2.45) is 0 Å². The van der Waals surface area contributed by atoms with Gasteiger partial charge in [0.2, 0.25) is 11.9 Å². The molecule has 112 valence electrons. The molecule has 0 spiro atoms. The number of halogens is 1. The van der Waals surface area contributed by atoms with Gasteiger partial charge in [0, 0.05) is 25.7 Å². The summed E-state index contributed by atoms with van der Waals surface area (Å²) in [5.41, 5.74) is 6.79. The van der Waals surface area contributed by atoms with Crippen molar-refractivity contribution in [1.29, 1.82) is 0 Å². The monoisotopic (exact) mass is 306 g/mol. The lowest BCUT2D eigenvalue weighted by molar-refractivity contribution is 0.310. The maximum atomic E-state index is 6.17. The number of nitrogen functional groups attached to an aromatic ring is 1. The van der Waals surface area contributed by atoms with E-state index < -0.39 is 0 Å². The number of benzene rings is 1. The molecule has 0 radical (unpaired) electrons. The molecule has 2 N–H and O–H groups in total. The van der Waals surface area contributed by atoms with E-state index in [2.05, 4.69) is 19.9 Å². The van der Waals surface area contributed by atoms with E-state index >= 15 is 0 Å². The molecule has 2 rings (SSSR count). The topological polar surface area (TPSA) is 71.2 Å². The molecule has 0 saturated carbocycles. The quantitative estimate of drug-likeness (QED) is 0.908. The molecule has 0 bridgehead atoms. The van der Waals surface area contributed by atoms with Gasteiger partial charge in [0.05, 0.1) is 6.54 Å². The van der Waals surface area contributed by atoms with E-state index in [4.69, 9.17) is 17.3 Å². The standard InChI is InChI=1S/C14H19ClN6/c1-20(2)14-18-12(17-13(16)19-14)9-21(3)8-10-6-4-5-7-11(10)15/h4-7H,8-9H2,1-3H3,(H2,16,17,18,19). The van der Waals surface area contributed by atoms with E-state index in [9.17, 15) is 0 Å². The number of nitrogens with zero attached hydrogens (tertiary/aromatic N) is 5. The highest BCUT2D eigenvalue weighted by Gasteiger charge is 2.10. The molecule has 21 heavy (non-hydrogen) atoms. The van der Waals surface area contributed by atoms with Crippen molar-refractivity contribution in [1.82, 2.24) is 19.9 Å². The minimum absolute atomic E-state index is 0.231. The molecule has 1 aromatic heterocycles. The van der Waals surface area contributed by atoms with Crippen molar-refractivity contribution >= 4 is 23.5 Å². The summed E-state index contributed by atoms with van der Waals surface area (Å²) in [6, 6.07) is 7.78. The van der Waals surface area contributed by atoms with Gasteiger partial charge < -0.3 is 10.6 Å². The fourth-order valence-electron chi connectivity index (χ4n) is 1.91. The Morgan fingerprint density at radius 3 is 2.43 bits per heavy atom. The largest absolute Gasteiger partial charge is 0.368 e. The summed E-state index contributed by atoms with van der Waals surface area (Å²) in [5, 5.41) is 0.758. The summed E-state index contributed by atoms with van der Waals surface area (Å²) in [4.78, 5) is 16.5. The van der Waals surface area contributed by atoms with Gasteiger partial charge >= 0.3 is 0 Å². The normalized spacial score (nSPS) is 10.9. The van der Waals surface area contributed by atoms with Crippen molar-refractivity contribution in [2.45, 2.75) is 13.1 Å². The Morgan fingerprint density at radius 2 is 1.76 bits per heavy atom. The molecule has 0 amide bonds. The molecule has 6 nitrogen and oxygen atoms in total. The number of rotatable bonds is 5. The Kier molecular flexibility index (Phi) is 4.93. The molecule has 0 aliphatic carbocycles. The molecule has 0 atom stereocenters. The molecule has 0 saturated heterocycles. The van der Waals surface area contributed by atoms with Crippen LogP contribution in [-0.2, 0) is 13.1 Å². The lowest BCUT2D eigenvalue weighted by Gasteiger charge is -2.18. The van der Waals surface area contributed by atoms with Gasteiger partial charge in [-0.15, -0.1) is 0 Å². The van der Waals surface area contributed by atoms with Gasteiger partial charge in [0.15, 0.2) is 0 Å². The lowest BCUT2D eigenvalue weighted by atomic mass is 10.2. The van der Waals surface area contributed by atoms with Gasteiger partial charge in [-0.2, -0.15) is 15.0 Å². The van der Waals surface area contributed by atoms with E-state index in [1.807, 2.05) is 45.4 Å². The van der Waals surface area contributed by atoms with Crippen molar-refractivity contribution in [3.63, 3.8) is 0 Å². The predicted octanol–water partition coefficient (Wildman–Crippen LogP) is 1.81. The Labute approximate surface area is 129 Å². The molecule has 0 unspecified atom stereocenters. The fourth-order valence-corrected chi connectivity index (χ4v) is 2.11. The van der Waals surface area contributed by atoms with E-state index in [0.717, 1.165) is 10.6 Å². The number of nitrogens with two attached hydrogens (primary N) is 1. The highest BCUT2D eigenvalue weighted by atomic mass is 35.5. The Bertz CT molecular complexity index is 616. The third-order valence-corrected chi connectivity index (χ3v) is 3.27. The van der Waals surface area contributed by atoms with Crippen molar-refractivity contribution in [2.75, 3.05) is 31.8 Å². The number of hydrogen-bond acceptors (Lipinski definition) is 6. The molecule has 0 aliphatic rings. The molecule has 1 heterocycles. The number of hydrogen-bond donors (Lipinski definition) is 1. The smallest absolute Gasteiger partial charge is 0.229 e. The maximum absolute atomic E-state index is 6.17. The van der Waals surface area contributed by atoms with Crippen molar-refractivity contribution in [3.05, 3.63) is 40.7 Å². The SMILES string of the molecule is CN(Cc1nc(N)nc(N(C)C)n1)Cc1ccccc1Cl. The molecule has 1 aromatic carbocycles. The zero-order chi connectivity index (χ0) is 15.4. The minimum atomic E-state index is 0.231. The highest BCUT2D eigenvalue weighted by Crippen LogP contribution is 2.17. The van der Waals surface area contributed by atoms with Crippen LogP contribution in [-0.4, -0.2) is 41.0 Å². The predicted molar refractivity (Wildman–Crippen MR) is 85.2 cm³/mol. The van der Waals surface area contributed by atoms with Crippen molar-refractivity contribution < 1.29 is 0 Å². The zero-order valence-electron chi connectivity index (χ0n) is 12.4. The molecule has 0 aliphatic heterocycles. The summed E-state index contributed by atoms with van der Waals surface area (Å²) in [7, 11) is 5.72. The third-order valence-electron chi connectivity index (χ3n) is 2.90. The van der Waals surface area contributed by atoms with Crippen LogP contribution in [0.25, 0.3) is 0 Å². The average Bonchev–Trinajstić information content (AvgIpc) is 2.40. The van der Waals surface area contributed by atoms with Crippen LogP contribution in [0.4, 0.5) is 11.9 Å². The van der Waals surface area contributed by atoms with Gasteiger partial charge in [0.25, 0.3) is 0 Å². The molecule has 0 fully saturated rings. The van der Waals surface area contributed by atoms with Crippen LogP contribution in [0.3, 0.4) is 0 Å². The van der Waals surface area contributed by atoms with Gasteiger partial charge in [-0.3, -0.25) is 4.90 Å². The van der Waals surface area contributed by atoms with Gasteiger partial charge in [0.1, 0.15) is 5.82 Å². The van der Waals surface area contributed by atoms with Gasteiger partial charge in [-0.05, 0) is 18.7 Å². The summed E-state index contributed by atoms with van der Waals surface area (Å²) in [5.74, 6) is 1.43. The van der Waals surface area contributed by atoms with Crippen LogP contribution >= 0.6 is 11.6 Å². The van der Waals surface area contributed by atoms with Gasteiger partial charge in [-0.1, -0.05) is 29.8 Å². The van der Waals surface area contributed by atoms with Crippen LogP contribution in [0.15, 0.2) is 24.3 Å². The number of aromatic nitrogens is 3. The average molecular weight is 307 g/mol. The molecule has 2 aromatic rings. The minimum Gasteiger partial charge on any atom is -0.368 e. The van der Waals surface area contributed by atoms with E-state index in [1.165, 1.54) is 0 Å². The molecular weight excluding hydrogens is 288 g/mol. The highest BCUT2D eigenvalue weighted by molar-refractivity contribution is 6.31. The summed E-state index contributed by atoms with van der Waals surface area (Å²) < 4.78 is 0. The first-order chi connectivity index (χ1) is 9.95. The summed E-state index contributed by atoms with van der Waals surface area (Å²) in [6.45, 7) is 1.28.